The van der Waals surface area contributed by atoms with E-state index < -0.39 is 0 Å². The molecular formula is C12H19NO2. The molecule has 1 fully saturated rings. The van der Waals surface area contributed by atoms with Crippen molar-refractivity contribution in [1.29, 1.82) is 0 Å². The lowest BCUT2D eigenvalue weighted by atomic mass is 9.78. The molecule has 0 aromatic rings. The molecule has 4 atom stereocenters. The Morgan fingerprint density at radius 1 is 1.60 bits per heavy atom. The predicted octanol–water partition coefficient (Wildman–Crippen LogP) is 1.65. The SMILES string of the molecule is CCO[C@@H]1[C@H]2[C@H](C)C=CC[C@H]2C(=O)N1C. The zero-order valence-electron chi connectivity index (χ0n) is 9.64. The van der Waals surface area contributed by atoms with Gasteiger partial charge >= 0.3 is 0 Å². The Kier molecular flexibility index (Phi) is 2.83. The molecule has 1 heterocycles. The summed E-state index contributed by atoms with van der Waals surface area (Å²) in [5, 5.41) is 0. The molecule has 1 amide bonds. The monoisotopic (exact) mass is 209 g/mol. The molecule has 0 N–H and O–H groups in total. The van der Waals surface area contributed by atoms with Crippen LogP contribution in [-0.2, 0) is 9.53 Å². The highest BCUT2D eigenvalue weighted by molar-refractivity contribution is 5.82. The van der Waals surface area contributed by atoms with Crippen molar-refractivity contribution < 1.29 is 9.53 Å². The molecule has 0 aromatic heterocycles. The maximum absolute atomic E-state index is 12.0. The summed E-state index contributed by atoms with van der Waals surface area (Å²) < 4.78 is 5.70. The topological polar surface area (TPSA) is 29.5 Å². The van der Waals surface area contributed by atoms with Gasteiger partial charge in [-0.3, -0.25) is 4.79 Å². The van der Waals surface area contributed by atoms with E-state index in [0.717, 1.165) is 6.42 Å². The standard InChI is InChI=1S/C12H19NO2/c1-4-15-12-10-8(2)6-5-7-9(10)11(14)13(12)3/h5-6,8-10,12H,4,7H2,1-3H3/t8-,9-,10+,12-/m1/s1. The van der Waals surface area contributed by atoms with Crippen LogP contribution in [0.1, 0.15) is 20.3 Å². The van der Waals surface area contributed by atoms with Crippen LogP contribution in [0.4, 0.5) is 0 Å². The molecule has 1 aliphatic carbocycles. The Morgan fingerprint density at radius 2 is 2.33 bits per heavy atom. The highest BCUT2D eigenvalue weighted by Gasteiger charge is 2.49. The van der Waals surface area contributed by atoms with E-state index in [1.54, 1.807) is 4.90 Å². The van der Waals surface area contributed by atoms with Crippen LogP contribution in [0.25, 0.3) is 0 Å². The first-order chi connectivity index (χ1) is 7.16. The number of hydrogen-bond acceptors (Lipinski definition) is 2. The summed E-state index contributed by atoms with van der Waals surface area (Å²) in [6, 6.07) is 0. The van der Waals surface area contributed by atoms with E-state index in [9.17, 15) is 4.79 Å². The van der Waals surface area contributed by atoms with E-state index in [1.807, 2.05) is 14.0 Å². The van der Waals surface area contributed by atoms with Crippen LogP contribution in [-0.4, -0.2) is 30.7 Å². The largest absolute Gasteiger partial charge is 0.358 e. The van der Waals surface area contributed by atoms with E-state index in [4.69, 9.17) is 4.74 Å². The van der Waals surface area contributed by atoms with Gasteiger partial charge in [-0.15, -0.1) is 0 Å². The van der Waals surface area contributed by atoms with Crippen molar-refractivity contribution in [3.05, 3.63) is 12.2 Å². The minimum Gasteiger partial charge on any atom is -0.358 e. The molecule has 15 heavy (non-hydrogen) atoms. The van der Waals surface area contributed by atoms with Gasteiger partial charge in [0, 0.05) is 25.5 Å². The van der Waals surface area contributed by atoms with Gasteiger partial charge in [0.25, 0.3) is 0 Å². The van der Waals surface area contributed by atoms with Crippen LogP contribution >= 0.6 is 0 Å². The fraction of sp³-hybridized carbons (Fsp3) is 0.750. The number of nitrogens with zero attached hydrogens (tertiary/aromatic N) is 1. The number of ether oxygens (including phenoxy) is 1. The number of fused-ring (bicyclic) bond motifs is 1. The third kappa shape index (κ3) is 1.59. The van der Waals surface area contributed by atoms with E-state index in [2.05, 4.69) is 19.1 Å². The second-order valence-electron chi connectivity index (χ2n) is 4.50. The fourth-order valence-electron chi connectivity index (χ4n) is 2.85. The van der Waals surface area contributed by atoms with Gasteiger partial charge in [0.05, 0.1) is 0 Å². The molecule has 0 radical (unpaired) electrons. The second kappa shape index (κ2) is 3.97. The van der Waals surface area contributed by atoms with Gasteiger partial charge < -0.3 is 9.64 Å². The van der Waals surface area contributed by atoms with Gasteiger partial charge in [0.1, 0.15) is 6.23 Å². The van der Waals surface area contributed by atoms with Crippen molar-refractivity contribution in [2.75, 3.05) is 13.7 Å². The average Bonchev–Trinajstić information content (AvgIpc) is 2.46. The maximum atomic E-state index is 12.0. The Morgan fingerprint density at radius 3 is 3.00 bits per heavy atom. The number of amides is 1. The van der Waals surface area contributed by atoms with E-state index in [-0.39, 0.29) is 18.1 Å². The molecule has 3 nitrogen and oxygen atoms in total. The van der Waals surface area contributed by atoms with Crippen LogP contribution in [0.3, 0.4) is 0 Å². The van der Waals surface area contributed by atoms with Crippen molar-refractivity contribution >= 4 is 5.91 Å². The van der Waals surface area contributed by atoms with Crippen molar-refractivity contribution in [3.8, 4) is 0 Å². The minimum absolute atomic E-state index is 0.0209. The lowest BCUT2D eigenvalue weighted by Gasteiger charge is -2.30. The van der Waals surface area contributed by atoms with Crippen LogP contribution < -0.4 is 0 Å². The first kappa shape index (κ1) is 10.7. The number of allylic oxidation sites excluding steroid dienone is 2. The zero-order valence-corrected chi connectivity index (χ0v) is 9.64. The molecule has 2 rings (SSSR count). The molecule has 2 aliphatic rings. The quantitative estimate of drug-likeness (QED) is 0.647. The number of carbonyl (C=O) groups excluding carboxylic acids is 1. The lowest BCUT2D eigenvalue weighted by Crippen LogP contribution is -2.36. The smallest absolute Gasteiger partial charge is 0.228 e. The average molecular weight is 209 g/mol. The summed E-state index contributed by atoms with van der Waals surface area (Å²) >= 11 is 0. The number of hydrogen-bond donors (Lipinski definition) is 0. The first-order valence-corrected chi connectivity index (χ1v) is 5.71. The van der Waals surface area contributed by atoms with Crippen molar-refractivity contribution in [3.63, 3.8) is 0 Å². The minimum atomic E-state index is -0.0209. The number of likely N-dealkylation sites (tertiary alicyclic amines) is 1. The summed E-state index contributed by atoms with van der Waals surface area (Å²) in [7, 11) is 1.85. The molecule has 3 heteroatoms. The third-order valence-electron chi connectivity index (χ3n) is 3.61. The van der Waals surface area contributed by atoms with E-state index in [1.165, 1.54) is 0 Å². The summed E-state index contributed by atoms with van der Waals surface area (Å²) in [5.41, 5.74) is 0. The summed E-state index contributed by atoms with van der Waals surface area (Å²) in [6.45, 7) is 4.82. The van der Waals surface area contributed by atoms with E-state index >= 15 is 0 Å². The van der Waals surface area contributed by atoms with Crippen LogP contribution in [0.2, 0.25) is 0 Å². The molecular weight excluding hydrogens is 190 g/mol. The molecule has 0 spiro atoms. The van der Waals surface area contributed by atoms with Gasteiger partial charge in [0.15, 0.2) is 0 Å². The van der Waals surface area contributed by atoms with Crippen molar-refractivity contribution in [1.82, 2.24) is 4.90 Å². The Labute approximate surface area is 91.1 Å². The lowest BCUT2D eigenvalue weighted by molar-refractivity contribution is -0.136. The normalized spacial score (nSPS) is 39.7. The summed E-state index contributed by atoms with van der Waals surface area (Å²) in [5.74, 6) is 1.17. The molecule has 0 saturated carbocycles. The molecule has 1 aliphatic heterocycles. The molecule has 1 saturated heterocycles. The highest BCUT2D eigenvalue weighted by atomic mass is 16.5. The van der Waals surface area contributed by atoms with Crippen molar-refractivity contribution in [2.24, 2.45) is 17.8 Å². The first-order valence-electron chi connectivity index (χ1n) is 5.71. The van der Waals surface area contributed by atoms with Crippen molar-refractivity contribution in [2.45, 2.75) is 26.5 Å². The van der Waals surface area contributed by atoms with Crippen LogP contribution in [0.5, 0.6) is 0 Å². The highest BCUT2D eigenvalue weighted by Crippen LogP contribution is 2.41. The van der Waals surface area contributed by atoms with Gasteiger partial charge in [-0.2, -0.15) is 0 Å². The molecule has 0 unspecified atom stereocenters. The van der Waals surface area contributed by atoms with Crippen LogP contribution in [0, 0.1) is 17.8 Å². The number of carbonyl (C=O) groups is 1. The summed E-state index contributed by atoms with van der Waals surface area (Å²) in [6.07, 6.45) is 5.19. The van der Waals surface area contributed by atoms with Gasteiger partial charge in [-0.1, -0.05) is 19.1 Å². The van der Waals surface area contributed by atoms with Gasteiger partial charge in [0.2, 0.25) is 5.91 Å². The maximum Gasteiger partial charge on any atom is 0.228 e. The molecule has 84 valence electrons. The van der Waals surface area contributed by atoms with E-state index in [0.29, 0.717) is 18.4 Å². The summed E-state index contributed by atoms with van der Waals surface area (Å²) in [4.78, 5) is 13.8. The molecule has 0 aromatic carbocycles. The third-order valence-corrected chi connectivity index (χ3v) is 3.61. The van der Waals surface area contributed by atoms with Crippen LogP contribution in [0.15, 0.2) is 12.2 Å². The predicted molar refractivity (Wildman–Crippen MR) is 58.1 cm³/mol. The molecule has 0 bridgehead atoms. The Bertz CT molecular complexity index is 287. The Balaban J connectivity index is 2.24. The Hall–Kier alpha value is -0.830. The fourth-order valence-corrected chi connectivity index (χ4v) is 2.85. The zero-order chi connectivity index (χ0) is 11.0. The van der Waals surface area contributed by atoms with Gasteiger partial charge in [-0.25, -0.2) is 0 Å². The number of rotatable bonds is 2. The van der Waals surface area contributed by atoms with Gasteiger partial charge in [-0.05, 0) is 19.3 Å². The second-order valence-corrected chi connectivity index (χ2v) is 4.50.